The maximum Gasteiger partial charge on any atom is 0.253 e. The molecule has 1 aliphatic heterocycles. The molecule has 5 N–H and O–H groups in total. The van der Waals surface area contributed by atoms with Gasteiger partial charge in [-0.05, 0) is 37.1 Å². The number of anilines is 2. The van der Waals surface area contributed by atoms with Gasteiger partial charge in [0.25, 0.3) is 5.91 Å². The van der Waals surface area contributed by atoms with Crippen molar-refractivity contribution in [3.8, 4) is 0 Å². The predicted molar refractivity (Wildman–Crippen MR) is 125 cm³/mol. The summed E-state index contributed by atoms with van der Waals surface area (Å²) in [4.78, 5) is 19.0. The first-order valence-corrected chi connectivity index (χ1v) is 11.2. The zero-order chi connectivity index (χ0) is 22.3. The average Bonchev–Trinajstić information content (AvgIpc) is 2.78. The van der Waals surface area contributed by atoms with Gasteiger partial charge < -0.3 is 26.4 Å². The number of hydrogen-bond acceptors (Lipinski definition) is 6. The summed E-state index contributed by atoms with van der Waals surface area (Å²) < 4.78 is 0. The molecule has 1 aromatic heterocycles. The Bertz CT molecular complexity index is 865. The Morgan fingerprint density at radius 3 is 2.61 bits per heavy atom. The summed E-state index contributed by atoms with van der Waals surface area (Å²) in [6.45, 7) is 7.39. The van der Waals surface area contributed by atoms with Crippen LogP contribution in [0.2, 0.25) is 0 Å². The molecular formula is C24H35N5O2. The van der Waals surface area contributed by atoms with Gasteiger partial charge in [0.2, 0.25) is 0 Å². The van der Waals surface area contributed by atoms with Crippen molar-refractivity contribution in [2.75, 3.05) is 43.8 Å². The Hall–Kier alpha value is -2.64. The zero-order valence-corrected chi connectivity index (χ0v) is 18.7. The number of aliphatic hydroxyl groups excluding tert-OH is 1. The number of nitrogen functional groups attached to an aromatic ring is 1. The zero-order valence-electron chi connectivity index (χ0n) is 18.7. The molecule has 1 amide bonds. The summed E-state index contributed by atoms with van der Waals surface area (Å²) in [6.07, 6.45) is 3.61. The lowest BCUT2D eigenvalue weighted by Crippen LogP contribution is -2.46. The van der Waals surface area contributed by atoms with E-state index in [-0.39, 0.29) is 12.5 Å². The van der Waals surface area contributed by atoms with Crippen LogP contribution in [0.25, 0.3) is 0 Å². The highest BCUT2D eigenvalue weighted by Gasteiger charge is 2.23. The van der Waals surface area contributed by atoms with Crippen molar-refractivity contribution < 1.29 is 9.90 Å². The van der Waals surface area contributed by atoms with Crippen molar-refractivity contribution in [3.05, 3.63) is 53.2 Å². The van der Waals surface area contributed by atoms with Crippen molar-refractivity contribution >= 4 is 17.4 Å². The van der Waals surface area contributed by atoms with Crippen LogP contribution in [0.5, 0.6) is 0 Å². The van der Waals surface area contributed by atoms with Crippen LogP contribution in [-0.2, 0) is 6.42 Å². The normalized spacial score (nSPS) is 16.0. The number of amides is 1. The number of pyridine rings is 1. The van der Waals surface area contributed by atoms with E-state index in [0.717, 1.165) is 62.4 Å². The average molecular weight is 426 g/mol. The summed E-state index contributed by atoms with van der Waals surface area (Å²) in [5.74, 6) is 0.526. The van der Waals surface area contributed by atoms with E-state index < -0.39 is 5.54 Å². The first-order valence-electron chi connectivity index (χ1n) is 11.2. The quantitative estimate of drug-likeness (QED) is 0.492. The second-order valence-electron chi connectivity index (χ2n) is 8.64. The lowest BCUT2D eigenvalue weighted by atomic mass is 9.95. The molecular weight excluding hydrogens is 390 g/mol. The number of carbonyl (C=O) groups is 1. The molecule has 0 saturated carbocycles. The van der Waals surface area contributed by atoms with Crippen LogP contribution in [0, 0.1) is 0 Å². The molecule has 2 aromatic rings. The van der Waals surface area contributed by atoms with E-state index in [1.165, 1.54) is 0 Å². The Labute approximate surface area is 185 Å². The molecule has 0 radical (unpaired) electrons. The van der Waals surface area contributed by atoms with Crippen molar-refractivity contribution in [2.24, 2.45) is 0 Å². The standard InChI is InChI=1S/C24H35N5O2/c1-3-4-9-24(2,17-30)28-21-15-20(27-22(25)16-21)14-18-5-7-19(8-6-18)23(31)29-12-10-26-11-13-29/h5-8,15-16,26,30H,3-4,9-14,17H2,1-2H3,(H3,25,27,28)/t24-/m1/s1. The van der Waals surface area contributed by atoms with Gasteiger partial charge in [-0.2, -0.15) is 0 Å². The molecule has 168 valence electrons. The van der Waals surface area contributed by atoms with Crippen molar-refractivity contribution in [3.63, 3.8) is 0 Å². The fourth-order valence-electron chi connectivity index (χ4n) is 3.89. The van der Waals surface area contributed by atoms with Crippen LogP contribution in [0.4, 0.5) is 11.5 Å². The molecule has 1 aliphatic rings. The number of aliphatic hydroxyl groups is 1. The molecule has 3 rings (SSSR count). The Kier molecular flexibility index (Phi) is 7.87. The smallest absolute Gasteiger partial charge is 0.253 e. The monoisotopic (exact) mass is 425 g/mol. The number of unbranched alkanes of at least 4 members (excludes halogenated alkanes) is 1. The lowest BCUT2D eigenvalue weighted by Gasteiger charge is -2.30. The van der Waals surface area contributed by atoms with E-state index >= 15 is 0 Å². The van der Waals surface area contributed by atoms with Crippen molar-refractivity contribution in [2.45, 2.75) is 45.1 Å². The van der Waals surface area contributed by atoms with Crippen LogP contribution in [0.15, 0.2) is 36.4 Å². The fraction of sp³-hybridized carbons (Fsp3) is 0.500. The summed E-state index contributed by atoms with van der Waals surface area (Å²) in [6, 6.07) is 11.5. The van der Waals surface area contributed by atoms with E-state index in [1.54, 1.807) is 6.07 Å². The van der Waals surface area contributed by atoms with Crippen LogP contribution in [0.3, 0.4) is 0 Å². The molecule has 1 fully saturated rings. The van der Waals surface area contributed by atoms with E-state index in [4.69, 9.17) is 5.73 Å². The van der Waals surface area contributed by atoms with Crippen LogP contribution in [0.1, 0.15) is 54.7 Å². The maximum atomic E-state index is 12.6. The van der Waals surface area contributed by atoms with Gasteiger partial charge in [0.05, 0.1) is 12.1 Å². The van der Waals surface area contributed by atoms with Gasteiger partial charge in [-0.3, -0.25) is 4.79 Å². The number of hydrogen-bond donors (Lipinski definition) is 4. The van der Waals surface area contributed by atoms with E-state index in [2.05, 4.69) is 22.5 Å². The molecule has 0 bridgehead atoms. The van der Waals surface area contributed by atoms with E-state index in [0.29, 0.717) is 17.8 Å². The molecule has 1 atom stereocenters. The molecule has 2 heterocycles. The SMILES string of the molecule is CCCC[C@](C)(CO)Nc1cc(N)nc(Cc2ccc(C(=O)N3CCNCC3)cc2)c1. The summed E-state index contributed by atoms with van der Waals surface area (Å²) in [5, 5.41) is 16.6. The van der Waals surface area contributed by atoms with Gasteiger partial charge in [-0.1, -0.05) is 31.9 Å². The molecule has 0 aliphatic carbocycles. The third-order valence-electron chi connectivity index (χ3n) is 5.77. The Morgan fingerprint density at radius 1 is 1.26 bits per heavy atom. The Balaban J connectivity index is 1.68. The molecule has 1 aromatic carbocycles. The highest BCUT2D eigenvalue weighted by Crippen LogP contribution is 2.23. The number of carbonyl (C=O) groups excluding carboxylic acids is 1. The summed E-state index contributed by atoms with van der Waals surface area (Å²) in [5.41, 5.74) is 9.14. The van der Waals surface area contributed by atoms with Gasteiger partial charge in [0.1, 0.15) is 5.82 Å². The van der Waals surface area contributed by atoms with Gasteiger partial charge in [-0.25, -0.2) is 4.98 Å². The van der Waals surface area contributed by atoms with Crippen molar-refractivity contribution in [1.82, 2.24) is 15.2 Å². The first kappa shape index (κ1) is 23.0. The number of benzene rings is 1. The third kappa shape index (κ3) is 6.42. The number of aromatic nitrogens is 1. The molecule has 0 unspecified atom stereocenters. The van der Waals surface area contributed by atoms with Crippen molar-refractivity contribution in [1.29, 1.82) is 0 Å². The Morgan fingerprint density at radius 2 is 1.97 bits per heavy atom. The second kappa shape index (κ2) is 10.6. The van der Waals surface area contributed by atoms with Gasteiger partial charge in [0, 0.05) is 55.6 Å². The molecule has 0 spiro atoms. The minimum absolute atomic E-state index is 0.0487. The predicted octanol–water partition coefficient (Wildman–Crippen LogP) is 2.65. The van der Waals surface area contributed by atoms with Crippen LogP contribution in [-0.4, -0.2) is 59.2 Å². The number of rotatable bonds is 9. The highest BCUT2D eigenvalue weighted by molar-refractivity contribution is 5.94. The third-order valence-corrected chi connectivity index (χ3v) is 5.77. The number of nitrogens with two attached hydrogens (primary N) is 1. The number of nitrogens with zero attached hydrogens (tertiary/aromatic N) is 2. The van der Waals surface area contributed by atoms with Gasteiger partial charge in [0.15, 0.2) is 0 Å². The molecule has 1 saturated heterocycles. The van der Waals surface area contributed by atoms with Gasteiger partial charge >= 0.3 is 0 Å². The summed E-state index contributed by atoms with van der Waals surface area (Å²) in [7, 11) is 0. The maximum absolute atomic E-state index is 12.6. The largest absolute Gasteiger partial charge is 0.394 e. The van der Waals surface area contributed by atoms with Crippen LogP contribution < -0.4 is 16.4 Å². The minimum atomic E-state index is -0.396. The van der Waals surface area contributed by atoms with E-state index in [9.17, 15) is 9.90 Å². The van der Waals surface area contributed by atoms with E-state index in [1.807, 2.05) is 42.2 Å². The first-order chi connectivity index (χ1) is 14.9. The van der Waals surface area contributed by atoms with Gasteiger partial charge in [-0.15, -0.1) is 0 Å². The topological polar surface area (TPSA) is 104 Å². The molecule has 7 nitrogen and oxygen atoms in total. The molecule has 31 heavy (non-hydrogen) atoms. The molecule has 7 heteroatoms. The lowest BCUT2D eigenvalue weighted by molar-refractivity contribution is 0.0736. The van der Waals surface area contributed by atoms with Crippen LogP contribution >= 0.6 is 0 Å². The summed E-state index contributed by atoms with van der Waals surface area (Å²) >= 11 is 0. The minimum Gasteiger partial charge on any atom is -0.394 e. The highest BCUT2D eigenvalue weighted by atomic mass is 16.3. The second-order valence-corrected chi connectivity index (χ2v) is 8.64. The number of piperazine rings is 1. The number of nitrogens with one attached hydrogen (secondary N) is 2. The fourth-order valence-corrected chi connectivity index (χ4v) is 3.89.